The van der Waals surface area contributed by atoms with Crippen LogP contribution < -0.4 is 59.7 Å². The number of aliphatic hydroxyl groups excluding tert-OH is 2. The fraction of sp³-hybridized carbons (Fsp3) is 0.548. The van der Waals surface area contributed by atoms with E-state index in [9.17, 15) is 58.5 Å². The van der Waals surface area contributed by atoms with Crippen LogP contribution in [-0.4, -0.2) is 170 Å². The molecule has 0 saturated heterocycles. The molecule has 1 aromatic heterocycles. The third-order valence-corrected chi connectivity index (χ3v) is 10.9. The van der Waals surface area contributed by atoms with Crippen LogP contribution in [0.3, 0.4) is 0 Å². The first kappa shape index (κ1) is 59.6. The number of nitrogens with one attached hydrogen (secondary N) is 9. The van der Waals surface area contributed by atoms with Crippen molar-refractivity contribution in [1.29, 1.82) is 0 Å². The summed E-state index contributed by atoms with van der Waals surface area (Å²) >= 11 is 7.94. The first-order valence-electron chi connectivity index (χ1n) is 22.0. The van der Waals surface area contributed by atoms with Gasteiger partial charge in [0.15, 0.2) is 5.96 Å². The monoisotopic (exact) mass is 1020 g/mol. The van der Waals surface area contributed by atoms with Crippen LogP contribution in [-0.2, 0) is 56.0 Å². The number of aliphatic carboxylic acids is 1. The molecule has 0 spiro atoms. The first-order valence-corrected chi connectivity index (χ1v) is 23.3. The molecule has 0 unspecified atom stereocenters. The van der Waals surface area contributed by atoms with Crippen molar-refractivity contribution in [2.24, 2.45) is 28.1 Å². The lowest BCUT2D eigenvalue weighted by atomic mass is 10.0. The highest BCUT2D eigenvalue weighted by Gasteiger charge is 2.34. The van der Waals surface area contributed by atoms with Crippen molar-refractivity contribution >= 4 is 84.4 Å². The molecule has 388 valence electrons. The van der Waals surface area contributed by atoms with E-state index < -0.39 is 121 Å². The largest absolute Gasteiger partial charge is 0.480 e. The van der Waals surface area contributed by atoms with E-state index in [1.165, 1.54) is 19.4 Å². The molecule has 8 amide bonds. The third kappa shape index (κ3) is 21.4. The van der Waals surface area contributed by atoms with Gasteiger partial charge in [-0.15, -0.1) is 0 Å². The number of hydrogen-bond acceptors (Lipinski definition) is 16. The van der Waals surface area contributed by atoms with E-state index in [1.54, 1.807) is 44.2 Å². The van der Waals surface area contributed by atoms with Crippen LogP contribution in [0.4, 0.5) is 0 Å². The number of nitrogens with two attached hydrogens (primary N) is 3. The molecule has 1 aromatic carbocycles. The number of carbonyl (C=O) groups is 9. The Kier molecular flexibility index (Phi) is 26.3. The number of carbonyl (C=O) groups excluding carboxylic acids is 8. The maximum atomic E-state index is 14.0. The molecular weight excluding hydrogens is 957 g/mol. The number of amides is 8. The number of benzene rings is 1. The molecular formula is C42H66N14O12S2. The van der Waals surface area contributed by atoms with Crippen LogP contribution >= 0.6 is 25.3 Å². The Labute approximate surface area is 414 Å². The zero-order valence-corrected chi connectivity index (χ0v) is 40.7. The van der Waals surface area contributed by atoms with Crippen molar-refractivity contribution in [3.8, 4) is 0 Å². The van der Waals surface area contributed by atoms with Gasteiger partial charge in [0.2, 0.25) is 47.3 Å². The Morgan fingerprint density at radius 2 is 1.29 bits per heavy atom. The molecule has 0 radical (unpaired) electrons. The quantitative estimate of drug-likeness (QED) is 0.0145. The molecule has 18 N–H and O–H groups in total. The van der Waals surface area contributed by atoms with Crippen LogP contribution in [0.5, 0.6) is 0 Å². The fourth-order valence-electron chi connectivity index (χ4n) is 6.37. The summed E-state index contributed by atoms with van der Waals surface area (Å²) in [5, 5.41) is 49.3. The summed E-state index contributed by atoms with van der Waals surface area (Å²) in [6, 6.07) is -2.81. The lowest BCUT2D eigenvalue weighted by Crippen LogP contribution is -2.61. The van der Waals surface area contributed by atoms with Gasteiger partial charge in [0, 0.05) is 42.8 Å². The van der Waals surface area contributed by atoms with Crippen LogP contribution in [0, 0.1) is 5.92 Å². The molecule has 2 rings (SSSR count). The molecule has 0 aliphatic heterocycles. The van der Waals surface area contributed by atoms with Gasteiger partial charge in [-0.3, -0.25) is 43.3 Å². The maximum absolute atomic E-state index is 14.0. The molecule has 0 aliphatic carbocycles. The number of carboxylic acid groups (broad SMARTS) is 1. The smallest absolute Gasteiger partial charge is 0.327 e. The Morgan fingerprint density at radius 1 is 0.714 bits per heavy atom. The summed E-state index contributed by atoms with van der Waals surface area (Å²) in [6.45, 7) is 3.04. The van der Waals surface area contributed by atoms with Gasteiger partial charge in [-0.05, 0) is 37.7 Å². The second-order valence-corrected chi connectivity index (χ2v) is 17.1. The molecule has 0 saturated carbocycles. The number of aliphatic imine (C=N–C) groups is 1. The molecule has 1 heterocycles. The van der Waals surface area contributed by atoms with Gasteiger partial charge in [-0.25, -0.2) is 9.78 Å². The first-order chi connectivity index (χ1) is 33.1. The highest BCUT2D eigenvalue weighted by atomic mass is 32.1. The molecule has 26 nitrogen and oxygen atoms in total. The summed E-state index contributed by atoms with van der Waals surface area (Å²) in [6.07, 6.45) is 1.05. The summed E-state index contributed by atoms with van der Waals surface area (Å²) in [7, 11) is 0. The van der Waals surface area contributed by atoms with Crippen molar-refractivity contribution in [2.45, 2.75) is 107 Å². The van der Waals surface area contributed by atoms with Crippen LogP contribution in [0.1, 0.15) is 51.3 Å². The van der Waals surface area contributed by atoms with Crippen molar-refractivity contribution < 1.29 is 58.5 Å². The number of H-pyrrole nitrogens is 1. The van der Waals surface area contributed by atoms with Gasteiger partial charge in [0.25, 0.3) is 0 Å². The summed E-state index contributed by atoms with van der Waals surface area (Å²) in [4.78, 5) is 130. The zero-order valence-electron chi connectivity index (χ0n) is 38.9. The predicted molar refractivity (Wildman–Crippen MR) is 260 cm³/mol. The van der Waals surface area contributed by atoms with Crippen molar-refractivity contribution in [3.63, 3.8) is 0 Å². The van der Waals surface area contributed by atoms with Gasteiger partial charge < -0.3 is 80.0 Å². The fourth-order valence-corrected chi connectivity index (χ4v) is 6.79. The molecule has 70 heavy (non-hydrogen) atoms. The molecule has 2 aromatic rings. The van der Waals surface area contributed by atoms with Crippen LogP contribution in [0.25, 0.3) is 0 Å². The number of thiol groups is 2. The van der Waals surface area contributed by atoms with E-state index in [2.05, 4.69) is 82.8 Å². The maximum Gasteiger partial charge on any atom is 0.327 e. The minimum atomic E-state index is -1.69. The standard InChI is InChI=1S/C42H66N14O12S2/c1-21(2)12-27(37(63)55-31(19-70)41(67)68)52-36(62)26(10-7-11-47-42(44)45)51-39(65)29(14-24-15-46-20-49-24)50-32(59)16-48-35(61)30(17-57)54-38(64)28(13-23-8-5-4-6-9-23)53-40(66)33(22(3)58)56-34(60)25(43)18-69/h4-6,8-9,15,20-22,25-31,33,57-58,69-70H,7,10-14,16-19,43H2,1-3H3,(H,46,49)(H,48,61)(H,50,59)(H,51,65)(H,52,62)(H,53,66)(H,54,64)(H,55,63)(H,56,60)(H,67,68)(H4,44,45,47)/t22-,25+,26+,27+,28+,29+,30+,31+,33+/m1/s1. The average Bonchev–Trinajstić information content (AvgIpc) is 3.83. The lowest BCUT2D eigenvalue weighted by Gasteiger charge is -2.27. The van der Waals surface area contributed by atoms with E-state index in [-0.39, 0.29) is 62.0 Å². The summed E-state index contributed by atoms with van der Waals surface area (Å²) in [5.41, 5.74) is 17.5. The van der Waals surface area contributed by atoms with Gasteiger partial charge in [0.05, 0.1) is 31.6 Å². The number of aromatic nitrogens is 2. The van der Waals surface area contributed by atoms with Crippen molar-refractivity contribution in [2.75, 3.05) is 31.2 Å². The number of imidazole rings is 1. The topological polar surface area (TPSA) is 430 Å². The number of guanidine groups is 1. The zero-order chi connectivity index (χ0) is 52.5. The molecule has 0 aliphatic rings. The van der Waals surface area contributed by atoms with E-state index in [4.69, 9.17) is 17.2 Å². The number of carboxylic acids is 1. The number of nitrogens with zero attached hydrogens (tertiary/aromatic N) is 2. The van der Waals surface area contributed by atoms with E-state index in [1.807, 2.05) is 0 Å². The van der Waals surface area contributed by atoms with Crippen molar-refractivity contribution in [1.82, 2.24) is 52.5 Å². The van der Waals surface area contributed by atoms with Gasteiger partial charge in [0.1, 0.15) is 42.3 Å². The normalized spacial score (nSPS) is 14.9. The van der Waals surface area contributed by atoms with Gasteiger partial charge in [-0.2, -0.15) is 25.3 Å². The number of aliphatic hydroxyl groups is 2. The van der Waals surface area contributed by atoms with E-state index in [0.29, 0.717) is 11.3 Å². The highest BCUT2D eigenvalue weighted by molar-refractivity contribution is 7.80. The summed E-state index contributed by atoms with van der Waals surface area (Å²) < 4.78 is 0. The van der Waals surface area contributed by atoms with Crippen LogP contribution in [0.15, 0.2) is 47.8 Å². The molecule has 28 heteroatoms. The van der Waals surface area contributed by atoms with Crippen LogP contribution in [0.2, 0.25) is 0 Å². The number of aromatic amines is 1. The Bertz CT molecular complexity index is 2080. The lowest BCUT2D eigenvalue weighted by molar-refractivity contribution is -0.141. The second kappa shape index (κ2) is 30.9. The molecule has 0 bridgehead atoms. The minimum absolute atomic E-state index is 0.0431. The van der Waals surface area contributed by atoms with Gasteiger partial charge >= 0.3 is 5.97 Å². The Hall–Kier alpha value is -6.49. The summed E-state index contributed by atoms with van der Waals surface area (Å²) in [5.74, 6) is -9.29. The SMILES string of the molecule is CC(C)C[C@H](NC(=O)[C@H](CCCN=C(N)N)NC(=O)[C@H](Cc1cnc[nH]1)NC(=O)CNC(=O)[C@H](CO)NC(=O)[C@H](Cc1ccccc1)NC(=O)[C@@H](NC(=O)[C@@H](N)CS)[C@@H](C)O)C(=O)N[C@@H](CS)C(=O)O. The number of rotatable bonds is 31. The van der Waals surface area contributed by atoms with E-state index >= 15 is 0 Å². The molecule has 0 fully saturated rings. The Balaban J connectivity index is 2.29. The minimum Gasteiger partial charge on any atom is -0.480 e. The van der Waals surface area contributed by atoms with E-state index in [0.717, 1.165) is 0 Å². The van der Waals surface area contributed by atoms with Gasteiger partial charge in [-0.1, -0.05) is 44.2 Å². The third-order valence-electron chi connectivity index (χ3n) is 10.1. The Morgan fingerprint density at radius 3 is 1.83 bits per heavy atom. The molecule has 9 atom stereocenters. The predicted octanol–water partition coefficient (Wildman–Crippen LogP) is -5.55. The second-order valence-electron chi connectivity index (χ2n) is 16.4. The highest BCUT2D eigenvalue weighted by Crippen LogP contribution is 2.10. The van der Waals surface area contributed by atoms with Crippen molar-refractivity contribution in [3.05, 3.63) is 54.1 Å². The average molecular weight is 1020 g/mol. The number of hydrogen-bond donors (Lipinski definition) is 17.